The molecule has 3 aromatic rings. The highest BCUT2D eigenvalue weighted by Crippen LogP contribution is 2.25. The number of anilines is 2. The molecule has 170 valence electrons. The third-order valence-electron chi connectivity index (χ3n) is 5.02. The lowest BCUT2D eigenvalue weighted by Crippen LogP contribution is -2.25. The van der Waals surface area contributed by atoms with Crippen molar-refractivity contribution in [2.24, 2.45) is 0 Å². The van der Waals surface area contributed by atoms with Gasteiger partial charge in [0.25, 0.3) is 17.5 Å². The molecule has 0 unspecified atom stereocenters. The van der Waals surface area contributed by atoms with E-state index in [0.717, 1.165) is 5.56 Å². The van der Waals surface area contributed by atoms with Crippen molar-refractivity contribution >= 4 is 28.9 Å². The molecule has 0 aromatic heterocycles. The number of hydrogen-bond acceptors (Lipinski definition) is 5. The molecule has 0 heterocycles. The standard InChI is InChI=1S/C24H23FN4O4/c1-15-4-7-17(12-22(15)29(32)33)23(30)27-19-10-11-21(28(2)3)20(13-19)24(31)26-14-16-5-8-18(25)9-6-16/h4-13H,14H2,1-3H3,(H,26,31)(H,27,30). The van der Waals surface area contributed by atoms with Gasteiger partial charge in [-0.05, 0) is 48.9 Å². The molecule has 0 spiro atoms. The van der Waals surface area contributed by atoms with Crippen LogP contribution in [0.1, 0.15) is 31.8 Å². The van der Waals surface area contributed by atoms with Crippen LogP contribution in [0.25, 0.3) is 0 Å². The highest BCUT2D eigenvalue weighted by molar-refractivity contribution is 6.06. The zero-order valence-electron chi connectivity index (χ0n) is 18.4. The Balaban J connectivity index is 1.81. The average Bonchev–Trinajstić information content (AvgIpc) is 2.78. The smallest absolute Gasteiger partial charge is 0.273 e. The molecule has 33 heavy (non-hydrogen) atoms. The van der Waals surface area contributed by atoms with E-state index in [4.69, 9.17) is 0 Å². The van der Waals surface area contributed by atoms with E-state index in [-0.39, 0.29) is 29.5 Å². The quantitative estimate of drug-likeness (QED) is 0.413. The Labute approximate surface area is 190 Å². The molecule has 8 nitrogen and oxygen atoms in total. The minimum Gasteiger partial charge on any atom is -0.377 e. The van der Waals surface area contributed by atoms with Gasteiger partial charge in [0.2, 0.25) is 0 Å². The van der Waals surface area contributed by atoms with Crippen LogP contribution in [0, 0.1) is 22.9 Å². The number of nitro groups is 1. The first-order valence-corrected chi connectivity index (χ1v) is 10.1. The van der Waals surface area contributed by atoms with Gasteiger partial charge in [-0.25, -0.2) is 4.39 Å². The Morgan fingerprint density at radius 1 is 1.00 bits per heavy atom. The van der Waals surface area contributed by atoms with Crippen LogP contribution in [0.15, 0.2) is 60.7 Å². The van der Waals surface area contributed by atoms with Crippen molar-refractivity contribution < 1.29 is 18.9 Å². The predicted octanol–water partition coefficient (Wildman–Crippen LogP) is 4.29. The fourth-order valence-corrected chi connectivity index (χ4v) is 3.22. The van der Waals surface area contributed by atoms with Gasteiger partial charge in [0.1, 0.15) is 5.82 Å². The van der Waals surface area contributed by atoms with E-state index in [0.29, 0.717) is 22.5 Å². The summed E-state index contributed by atoms with van der Waals surface area (Å²) in [6.07, 6.45) is 0. The second-order valence-corrected chi connectivity index (χ2v) is 7.65. The number of rotatable bonds is 7. The van der Waals surface area contributed by atoms with Crippen LogP contribution in [0.2, 0.25) is 0 Å². The lowest BCUT2D eigenvalue weighted by atomic mass is 10.1. The van der Waals surface area contributed by atoms with Crippen LogP contribution < -0.4 is 15.5 Å². The number of nitrogens with one attached hydrogen (secondary N) is 2. The van der Waals surface area contributed by atoms with Crippen molar-refractivity contribution in [3.63, 3.8) is 0 Å². The third-order valence-corrected chi connectivity index (χ3v) is 5.02. The van der Waals surface area contributed by atoms with E-state index in [1.165, 1.54) is 36.4 Å². The summed E-state index contributed by atoms with van der Waals surface area (Å²) in [5.74, 6) is -1.26. The monoisotopic (exact) mass is 450 g/mol. The van der Waals surface area contributed by atoms with E-state index >= 15 is 0 Å². The molecule has 0 aliphatic heterocycles. The van der Waals surface area contributed by atoms with Crippen LogP contribution in [0.4, 0.5) is 21.5 Å². The van der Waals surface area contributed by atoms with Gasteiger partial charge in [-0.2, -0.15) is 0 Å². The lowest BCUT2D eigenvalue weighted by molar-refractivity contribution is -0.385. The SMILES string of the molecule is Cc1ccc(C(=O)Nc2ccc(N(C)C)c(C(=O)NCc3ccc(F)cc3)c2)cc1[N+](=O)[O-]. The van der Waals surface area contributed by atoms with E-state index < -0.39 is 10.8 Å². The van der Waals surface area contributed by atoms with Crippen molar-refractivity contribution in [2.75, 3.05) is 24.3 Å². The van der Waals surface area contributed by atoms with Gasteiger partial charge < -0.3 is 15.5 Å². The number of nitrogens with zero attached hydrogens (tertiary/aromatic N) is 2. The summed E-state index contributed by atoms with van der Waals surface area (Å²) in [5, 5.41) is 16.6. The zero-order valence-corrected chi connectivity index (χ0v) is 18.4. The number of hydrogen-bond donors (Lipinski definition) is 2. The fraction of sp³-hybridized carbons (Fsp3) is 0.167. The van der Waals surface area contributed by atoms with Crippen LogP contribution in [-0.2, 0) is 6.54 Å². The molecule has 3 aromatic carbocycles. The van der Waals surface area contributed by atoms with Crippen LogP contribution >= 0.6 is 0 Å². The number of carbonyl (C=O) groups excluding carboxylic acids is 2. The second-order valence-electron chi connectivity index (χ2n) is 7.65. The maximum atomic E-state index is 13.1. The number of aryl methyl sites for hydroxylation is 1. The molecular weight excluding hydrogens is 427 g/mol. The lowest BCUT2D eigenvalue weighted by Gasteiger charge is -2.18. The second kappa shape index (κ2) is 9.90. The van der Waals surface area contributed by atoms with Crippen molar-refractivity contribution in [1.29, 1.82) is 0 Å². The Bertz CT molecular complexity index is 1210. The molecule has 0 radical (unpaired) electrons. The molecule has 2 amide bonds. The number of carbonyl (C=O) groups is 2. The van der Waals surface area contributed by atoms with Gasteiger partial charge in [-0.1, -0.05) is 18.2 Å². The summed E-state index contributed by atoms with van der Waals surface area (Å²) < 4.78 is 13.1. The minimum absolute atomic E-state index is 0.131. The van der Waals surface area contributed by atoms with Crippen LogP contribution in [0.5, 0.6) is 0 Å². The fourth-order valence-electron chi connectivity index (χ4n) is 3.22. The Morgan fingerprint density at radius 3 is 2.33 bits per heavy atom. The van der Waals surface area contributed by atoms with Crippen molar-refractivity contribution in [3.05, 3.63) is 98.8 Å². The Kier molecular flexibility index (Phi) is 7.02. The molecule has 2 N–H and O–H groups in total. The molecule has 0 saturated carbocycles. The van der Waals surface area contributed by atoms with Gasteiger partial charge in [0.15, 0.2) is 0 Å². The molecule has 3 rings (SSSR count). The predicted molar refractivity (Wildman–Crippen MR) is 124 cm³/mol. The highest BCUT2D eigenvalue weighted by Gasteiger charge is 2.18. The van der Waals surface area contributed by atoms with E-state index in [2.05, 4.69) is 10.6 Å². The molecule has 0 aliphatic rings. The summed E-state index contributed by atoms with van der Waals surface area (Å²) in [7, 11) is 3.57. The molecule has 0 fully saturated rings. The van der Waals surface area contributed by atoms with Crippen LogP contribution in [-0.4, -0.2) is 30.8 Å². The van der Waals surface area contributed by atoms with Crippen LogP contribution in [0.3, 0.4) is 0 Å². The maximum Gasteiger partial charge on any atom is 0.273 e. The topological polar surface area (TPSA) is 105 Å². The Hall–Kier alpha value is -4.27. The van der Waals surface area contributed by atoms with Gasteiger partial charge in [0, 0.05) is 49.2 Å². The van der Waals surface area contributed by atoms with E-state index in [9.17, 15) is 24.1 Å². The first-order valence-electron chi connectivity index (χ1n) is 10.1. The number of benzene rings is 3. The number of nitro benzene ring substituents is 1. The number of amides is 2. The van der Waals surface area contributed by atoms with Crippen molar-refractivity contribution in [1.82, 2.24) is 5.32 Å². The van der Waals surface area contributed by atoms with Gasteiger partial charge >= 0.3 is 0 Å². The number of halogens is 1. The first kappa shape index (κ1) is 23.4. The molecule has 0 atom stereocenters. The zero-order chi connectivity index (χ0) is 24.1. The van der Waals surface area contributed by atoms with E-state index in [1.807, 2.05) is 0 Å². The highest BCUT2D eigenvalue weighted by atomic mass is 19.1. The molecule has 0 saturated heterocycles. The Morgan fingerprint density at radius 2 is 1.70 bits per heavy atom. The summed E-state index contributed by atoms with van der Waals surface area (Å²) in [4.78, 5) is 37.9. The molecular formula is C24H23FN4O4. The third kappa shape index (κ3) is 5.70. The minimum atomic E-state index is -0.540. The van der Waals surface area contributed by atoms with Crippen molar-refractivity contribution in [3.8, 4) is 0 Å². The summed E-state index contributed by atoms with van der Waals surface area (Å²) >= 11 is 0. The largest absolute Gasteiger partial charge is 0.377 e. The van der Waals surface area contributed by atoms with Gasteiger partial charge in [-0.15, -0.1) is 0 Å². The summed E-state index contributed by atoms with van der Waals surface area (Å²) in [5.41, 5.74) is 2.50. The molecule has 9 heteroatoms. The van der Waals surface area contributed by atoms with Gasteiger partial charge in [0.05, 0.1) is 10.5 Å². The van der Waals surface area contributed by atoms with E-state index in [1.54, 1.807) is 50.2 Å². The molecule has 0 bridgehead atoms. The molecule has 0 aliphatic carbocycles. The first-order chi connectivity index (χ1) is 15.7. The average molecular weight is 450 g/mol. The maximum absolute atomic E-state index is 13.1. The van der Waals surface area contributed by atoms with Gasteiger partial charge in [-0.3, -0.25) is 19.7 Å². The summed E-state index contributed by atoms with van der Waals surface area (Å²) in [6, 6.07) is 14.9. The normalized spacial score (nSPS) is 10.4. The van der Waals surface area contributed by atoms with Crippen molar-refractivity contribution in [2.45, 2.75) is 13.5 Å². The summed E-state index contributed by atoms with van der Waals surface area (Å²) in [6.45, 7) is 1.80.